The molecule has 0 N–H and O–H groups in total. The summed E-state index contributed by atoms with van der Waals surface area (Å²) < 4.78 is 11.5. The number of pyridine rings is 1. The van der Waals surface area contributed by atoms with Gasteiger partial charge in [0.15, 0.2) is 9.79 Å². The van der Waals surface area contributed by atoms with Crippen molar-refractivity contribution in [2.24, 2.45) is 11.8 Å². The lowest BCUT2D eigenvalue weighted by Gasteiger charge is -2.36. The molecule has 1 unspecified atom stereocenters. The molecule has 2 atom stereocenters. The van der Waals surface area contributed by atoms with Gasteiger partial charge in [0.2, 0.25) is 0 Å². The molecule has 0 radical (unpaired) electrons. The summed E-state index contributed by atoms with van der Waals surface area (Å²) in [6.07, 6.45) is 3.65. The van der Waals surface area contributed by atoms with E-state index in [4.69, 9.17) is 14.5 Å². The highest BCUT2D eigenvalue weighted by molar-refractivity contribution is 7.97. The molecule has 4 nitrogen and oxygen atoms in total. The summed E-state index contributed by atoms with van der Waals surface area (Å²) in [6.45, 7) is 6.22. The standard InChI is InChI=1S/C27H30NO3S/c1-27(2,3)31-26(29)24-16-14-20(24)19-30-21-15-17-25(28-18-21)32(22-10-6-4-7-11-22)23-12-8-5-9-13-23/h4-13,15,17-18,20,24H,14,16,19H2,1-3H3/q+1/t20-,24?/m0/s1. The molecule has 1 fully saturated rings. The highest BCUT2D eigenvalue weighted by Gasteiger charge is 2.39. The molecule has 1 aliphatic rings. The Morgan fingerprint density at radius 2 is 1.56 bits per heavy atom. The highest BCUT2D eigenvalue weighted by Crippen LogP contribution is 2.37. The van der Waals surface area contributed by atoms with E-state index in [1.54, 1.807) is 6.20 Å². The topological polar surface area (TPSA) is 48.4 Å². The summed E-state index contributed by atoms with van der Waals surface area (Å²) in [5.41, 5.74) is -0.452. The Kier molecular flexibility index (Phi) is 6.85. The van der Waals surface area contributed by atoms with Crippen LogP contribution in [-0.2, 0) is 20.4 Å². The second-order valence-electron chi connectivity index (χ2n) is 9.05. The highest BCUT2D eigenvalue weighted by atomic mass is 32.2. The Bertz CT molecular complexity index is 977. The van der Waals surface area contributed by atoms with E-state index in [0.29, 0.717) is 6.61 Å². The van der Waals surface area contributed by atoms with E-state index in [1.165, 1.54) is 9.79 Å². The van der Waals surface area contributed by atoms with Crippen LogP contribution in [0, 0.1) is 11.8 Å². The zero-order chi connectivity index (χ0) is 22.6. The van der Waals surface area contributed by atoms with Gasteiger partial charge in [0, 0.05) is 12.0 Å². The molecule has 2 aromatic carbocycles. The van der Waals surface area contributed by atoms with Crippen LogP contribution in [0.4, 0.5) is 0 Å². The molecule has 4 rings (SSSR count). The van der Waals surface area contributed by atoms with Crippen LogP contribution in [0.5, 0.6) is 5.75 Å². The van der Waals surface area contributed by atoms with Crippen LogP contribution in [0.25, 0.3) is 0 Å². The lowest BCUT2D eigenvalue weighted by atomic mass is 9.74. The number of carbonyl (C=O) groups excluding carboxylic acids is 1. The Morgan fingerprint density at radius 1 is 0.938 bits per heavy atom. The molecule has 0 amide bonds. The number of hydrogen-bond acceptors (Lipinski definition) is 4. The van der Waals surface area contributed by atoms with Crippen molar-refractivity contribution in [3.8, 4) is 5.75 Å². The van der Waals surface area contributed by atoms with Crippen LogP contribution < -0.4 is 4.74 Å². The second kappa shape index (κ2) is 9.78. The average Bonchev–Trinajstić information content (AvgIpc) is 2.74. The lowest BCUT2D eigenvalue weighted by molar-refractivity contribution is -0.167. The molecule has 0 spiro atoms. The Hall–Kier alpha value is -2.79. The third kappa shape index (κ3) is 5.52. The quantitative estimate of drug-likeness (QED) is 0.332. The van der Waals surface area contributed by atoms with E-state index in [9.17, 15) is 4.79 Å². The second-order valence-corrected chi connectivity index (χ2v) is 11.0. The van der Waals surface area contributed by atoms with Gasteiger partial charge in [-0.3, -0.25) is 4.79 Å². The van der Waals surface area contributed by atoms with E-state index < -0.39 is 5.60 Å². The van der Waals surface area contributed by atoms with Crippen molar-refractivity contribution in [1.29, 1.82) is 0 Å². The molecule has 0 aliphatic heterocycles. The predicted molar refractivity (Wildman–Crippen MR) is 127 cm³/mol. The van der Waals surface area contributed by atoms with Crippen LogP contribution in [0.15, 0.2) is 93.8 Å². The number of carbonyl (C=O) groups is 1. The maximum Gasteiger partial charge on any atom is 0.309 e. The smallest absolute Gasteiger partial charge is 0.309 e. The summed E-state index contributed by atoms with van der Waals surface area (Å²) in [4.78, 5) is 19.6. The first-order valence-electron chi connectivity index (χ1n) is 11.1. The SMILES string of the molecule is CC(C)(C)OC(=O)C1CC[C@H]1COc1ccc([S+](c2ccccc2)c2ccccc2)nc1. The van der Waals surface area contributed by atoms with Crippen LogP contribution in [0.2, 0.25) is 0 Å². The molecule has 3 aromatic rings. The van der Waals surface area contributed by atoms with Gasteiger partial charge in [-0.05, 0) is 63.9 Å². The molecule has 0 saturated heterocycles. The Labute approximate surface area is 193 Å². The Morgan fingerprint density at radius 3 is 2.03 bits per heavy atom. The third-order valence-corrected chi connectivity index (χ3v) is 7.61. The molecule has 32 heavy (non-hydrogen) atoms. The fourth-order valence-corrected chi connectivity index (χ4v) is 5.70. The van der Waals surface area contributed by atoms with Crippen LogP contribution in [0.3, 0.4) is 0 Å². The zero-order valence-corrected chi connectivity index (χ0v) is 19.7. The molecule has 166 valence electrons. The largest absolute Gasteiger partial charge is 0.492 e. The molecule has 1 heterocycles. The van der Waals surface area contributed by atoms with Crippen molar-refractivity contribution < 1.29 is 14.3 Å². The molecule has 1 aliphatic carbocycles. The summed E-state index contributed by atoms with van der Waals surface area (Å²) in [6, 6.07) is 24.9. The number of benzene rings is 2. The van der Waals surface area contributed by atoms with Crippen LogP contribution >= 0.6 is 0 Å². The molecular weight excluding hydrogens is 418 g/mol. The van der Waals surface area contributed by atoms with E-state index in [-0.39, 0.29) is 28.7 Å². The van der Waals surface area contributed by atoms with Gasteiger partial charge in [-0.1, -0.05) is 36.4 Å². The maximum absolute atomic E-state index is 12.4. The van der Waals surface area contributed by atoms with Gasteiger partial charge >= 0.3 is 5.97 Å². The van der Waals surface area contributed by atoms with Gasteiger partial charge in [0.25, 0.3) is 5.03 Å². The molecule has 0 bridgehead atoms. The zero-order valence-electron chi connectivity index (χ0n) is 18.9. The first kappa shape index (κ1) is 22.4. The monoisotopic (exact) mass is 448 g/mol. The number of aromatic nitrogens is 1. The van der Waals surface area contributed by atoms with E-state index in [1.807, 2.05) is 45.0 Å². The molecule has 1 aromatic heterocycles. The normalized spacial score (nSPS) is 18.1. The lowest BCUT2D eigenvalue weighted by Crippen LogP contribution is -2.40. The van der Waals surface area contributed by atoms with Gasteiger partial charge in [-0.2, -0.15) is 0 Å². The van der Waals surface area contributed by atoms with Gasteiger partial charge in [-0.15, -0.1) is 0 Å². The third-order valence-electron chi connectivity index (χ3n) is 5.47. The number of hydrogen-bond donors (Lipinski definition) is 0. The van der Waals surface area contributed by atoms with Crippen molar-refractivity contribution in [2.75, 3.05) is 6.61 Å². The number of ether oxygens (including phenoxy) is 2. The van der Waals surface area contributed by atoms with E-state index in [0.717, 1.165) is 23.6 Å². The maximum atomic E-state index is 12.4. The summed E-state index contributed by atoms with van der Waals surface area (Å²) >= 11 is 0. The number of nitrogens with zero attached hydrogens (tertiary/aromatic N) is 1. The average molecular weight is 449 g/mol. The van der Waals surface area contributed by atoms with Crippen molar-refractivity contribution in [3.63, 3.8) is 0 Å². The predicted octanol–water partition coefficient (Wildman–Crippen LogP) is 5.92. The molecule has 1 saturated carbocycles. The van der Waals surface area contributed by atoms with Gasteiger partial charge in [-0.25, -0.2) is 4.98 Å². The van der Waals surface area contributed by atoms with E-state index >= 15 is 0 Å². The van der Waals surface area contributed by atoms with Gasteiger partial charge in [0.1, 0.15) is 22.2 Å². The number of esters is 1. The minimum atomic E-state index is -0.452. The van der Waals surface area contributed by atoms with Gasteiger partial charge in [0.05, 0.1) is 18.7 Å². The minimum Gasteiger partial charge on any atom is -0.492 e. The number of rotatable bonds is 7. The van der Waals surface area contributed by atoms with Gasteiger partial charge < -0.3 is 9.47 Å². The van der Waals surface area contributed by atoms with Crippen LogP contribution in [-0.4, -0.2) is 23.2 Å². The van der Waals surface area contributed by atoms with Crippen molar-refractivity contribution in [2.45, 2.75) is 54.0 Å². The molecule has 5 heteroatoms. The van der Waals surface area contributed by atoms with Crippen molar-refractivity contribution in [1.82, 2.24) is 4.98 Å². The molecular formula is C27H30NO3S+. The first-order chi connectivity index (χ1) is 15.4. The fourth-order valence-electron chi connectivity index (χ4n) is 3.72. The Balaban J connectivity index is 1.43. The van der Waals surface area contributed by atoms with E-state index in [2.05, 4.69) is 48.5 Å². The fraction of sp³-hybridized carbons (Fsp3) is 0.333. The van der Waals surface area contributed by atoms with Crippen LogP contribution in [0.1, 0.15) is 33.6 Å². The summed E-state index contributed by atoms with van der Waals surface area (Å²) in [5, 5.41) is 1.00. The summed E-state index contributed by atoms with van der Waals surface area (Å²) in [5.74, 6) is 0.755. The van der Waals surface area contributed by atoms with Crippen molar-refractivity contribution >= 4 is 16.9 Å². The minimum absolute atomic E-state index is 0.0662. The summed E-state index contributed by atoms with van der Waals surface area (Å²) in [7, 11) is -0.276. The van der Waals surface area contributed by atoms with Crippen molar-refractivity contribution in [3.05, 3.63) is 79.0 Å². The first-order valence-corrected chi connectivity index (χ1v) is 12.3.